The fourth-order valence-electron chi connectivity index (χ4n) is 4.23. The first-order valence-electron chi connectivity index (χ1n) is 11.5. The van der Waals surface area contributed by atoms with E-state index in [-0.39, 0.29) is 17.7 Å². The molecule has 4 aromatic rings. The Balaban J connectivity index is 1.59. The summed E-state index contributed by atoms with van der Waals surface area (Å²) >= 11 is 1.21. The van der Waals surface area contributed by atoms with Crippen molar-refractivity contribution >= 4 is 29.4 Å². The summed E-state index contributed by atoms with van der Waals surface area (Å²) in [7, 11) is 0. The molecule has 5 rings (SSSR count). The van der Waals surface area contributed by atoms with Gasteiger partial charge in [0.25, 0.3) is 5.56 Å². The topological polar surface area (TPSA) is 114 Å². The van der Waals surface area contributed by atoms with Gasteiger partial charge in [0.05, 0.1) is 34.4 Å². The maximum atomic E-state index is 13.6. The second-order valence-electron chi connectivity index (χ2n) is 8.28. The second-order valence-corrected chi connectivity index (χ2v) is 9.29. The molecule has 8 nitrogen and oxygen atoms in total. The zero-order valence-corrected chi connectivity index (χ0v) is 20.8. The number of fused-ring (bicyclic) bond motifs is 1. The highest BCUT2D eigenvalue weighted by Gasteiger charge is 2.33. The lowest BCUT2D eigenvalue weighted by Crippen LogP contribution is -2.39. The number of aromatic nitrogens is 1. The average Bonchev–Trinajstić information content (AvgIpc) is 3.48. The zero-order valence-electron chi connectivity index (χ0n) is 20.0. The van der Waals surface area contributed by atoms with E-state index in [9.17, 15) is 19.5 Å². The van der Waals surface area contributed by atoms with E-state index in [1.54, 1.807) is 44.2 Å². The lowest BCUT2D eigenvalue weighted by Gasteiger charge is -2.24. The van der Waals surface area contributed by atoms with Crippen LogP contribution in [0.2, 0.25) is 0 Å². The van der Waals surface area contributed by atoms with Gasteiger partial charge in [0.2, 0.25) is 0 Å². The Morgan fingerprint density at radius 3 is 2.51 bits per heavy atom. The van der Waals surface area contributed by atoms with Crippen LogP contribution in [-0.4, -0.2) is 23.1 Å². The number of hydrogen-bond acceptors (Lipinski definition) is 8. The van der Waals surface area contributed by atoms with Crippen molar-refractivity contribution in [2.45, 2.75) is 19.9 Å². The van der Waals surface area contributed by atoms with E-state index >= 15 is 0 Å². The van der Waals surface area contributed by atoms with Crippen LogP contribution in [0.5, 0.6) is 0 Å². The Kier molecular flexibility index (Phi) is 6.45. The Hall–Kier alpha value is -4.50. The normalized spacial score (nSPS) is 15.3. The van der Waals surface area contributed by atoms with Crippen LogP contribution < -0.4 is 20.0 Å². The van der Waals surface area contributed by atoms with Crippen molar-refractivity contribution in [3.8, 4) is 11.3 Å². The van der Waals surface area contributed by atoms with Gasteiger partial charge in [-0.25, -0.2) is 9.79 Å². The molecule has 1 atom stereocenters. The molecular weight excluding hydrogens is 492 g/mol. The Labute approximate surface area is 215 Å². The zero-order chi connectivity index (χ0) is 26.1. The SMILES string of the molecule is CCOC(=O)C1=C(C)N=c2s/c(=C/c3ccc(-c4ccc(C(=O)[O-])cc4)o3)c(=O)n2[C@H]1c1ccccc1. The van der Waals surface area contributed by atoms with E-state index < -0.39 is 18.0 Å². The number of nitrogens with zero attached hydrogens (tertiary/aromatic N) is 2. The van der Waals surface area contributed by atoms with Gasteiger partial charge in [0.1, 0.15) is 11.5 Å². The molecule has 37 heavy (non-hydrogen) atoms. The fourth-order valence-corrected chi connectivity index (χ4v) is 5.25. The molecular formula is C28H21N2O6S-. The van der Waals surface area contributed by atoms with Crippen LogP contribution in [0.1, 0.15) is 41.6 Å². The number of carboxylic acid groups (broad SMARTS) is 1. The van der Waals surface area contributed by atoms with Gasteiger partial charge in [-0.3, -0.25) is 9.36 Å². The summed E-state index contributed by atoms with van der Waals surface area (Å²) in [6, 6.07) is 18.2. The van der Waals surface area contributed by atoms with Gasteiger partial charge < -0.3 is 19.1 Å². The standard InChI is InChI=1S/C28H22N2O6S/c1-3-35-27(34)23-16(2)29-28-30(24(23)18-7-5-4-6-8-18)25(31)22(37-28)15-20-13-14-21(36-20)17-9-11-19(12-10-17)26(32)33/h4-15,24H,3H2,1-2H3,(H,32,33)/p-1/b22-15+/t24-/m0/s1. The molecule has 0 bridgehead atoms. The minimum Gasteiger partial charge on any atom is -0.545 e. The molecule has 0 N–H and O–H groups in total. The summed E-state index contributed by atoms with van der Waals surface area (Å²) in [5.41, 5.74) is 2.05. The number of hydrogen-bond donors (Lipinski definition) is 0. The average molecular weight is 514 g/mol. The minimum absolute atomic E-state index is 0.0714. The largest absolute Gasteiger partial charge is 0.545 e. The minimum atomic E-state index is -1.25. The number of aromatic carboxylic acids is 1. The lowest BCUT2D eigenvalue weighted by atomic mass is 9.96. The van der Waals surface area contributed by atoms with Crippen molar-refractivity contribution in [2.24, 2.45) is 4.99 Å². The number of furan rings is 1. The van der Waals surface area contributed by atoms with Crippen LogP contribution in [0.25, 0.3) is 17.4 Å². The van der Waals surface area contributed by atoms with Gasteiger partial charge in [-0.2, -0.15) is 0 Å². The van der Waals surface area contributed by atoms with Crippen LogP contribution >= 0.6 is 11.3 Å². The van der Waals surface area contributed by atoms with Gasteiger partial charge in [-0.1, -0.05) is 65.9 Å². The molecule has 3 heterocycles. The Morgan fingerprint density at radius 1 is 1.11 bits per heavy atom. The first-order chi connectivity index (χ1) is 17.9. The highest BCUT2D eigenvalue weighted by Crippen LogP contribution is 2.30. The highest BCUT2D eigenvalue weighted by molar-refractivity contribution is 7.07. The van der Waals surface area contributed by atoms with Crippen LogP contribution in [0.3, 0.4) is 0 Å². The third kappa shape index (κ3) is 4.56. The molecule has 0 fully saturated rings. The number of esters is 1. The molecule has 1 aliphatic rings. The number of carboxylic acids is 1. The summed E-state index contributed by atoms with van der Waals surface area (Å²) in [6.45, 7) is 3.68. The van der Waals surface area contributed by atoms with Gasteiger partial charge >= 0.3 is 5.97 Å². The molecule has 0 saturated carbocycles. The molecule has 0 spiro atoms. The first-order valence-corrected chi connectivity index (χ1v) is 12.3. The number of carbonyl (C=O) groups is 2. The van der Waals surface area contributed by atoms with E-state index in [4.69, 9.17) is 9.15 Å². The number of allylic oxidation sites excluding steroid dienone is 1. The van der Waals surface area contributed by atoms with E-state index in [2.05, 4.69) is 4.99 Å². The van der Waals surface area contributed by atoms with Crippen LogP contribution in [0, 0.1) is 0 Å². The van der Waals surface area contributed by atoms with Crippen molar-refractivity contribution in [2.75, 3.05) is 6.61 Å². The number of ether oxygens (including phenoxy) is 1. The van der Waals surface area contributed by atoms with Crippen molar-refractivity contribution in [1.29, 1.82) is 0 Å². The predicted octanol–water partition coefficient (Wildman–Crippen LogP) is 2.42. The Morgan fingerprint density at radius 2 is 1.84 bits per heavy atom. The summed E-state index contributed by atoms with van der Waals surface area (Å²) in [4.78, 5) is 42.5. The molecule has 0 radical (unpaired) electrons. The van der Waals surface area contributed by atoms with Crippen molar-refractivity contribution in [3.05, 3.63) is 115 Å². The van der Waals surface area contributed by atoms with E-state index in [0.717, 1.165) is 5.56 Å². The van der Waals surface area contributed by atoms with Crippen LogP contribution in [0.15, 0.2) is 92.2 Å². The third-order valence-electron chi connectivity index (χ3n) is 5.94. The molecule has 9 heteroatoms. The van der Waals surface area contributed by atoms with Crippen molar-refractivity contribution < 1.29 is 23.8 Å². The van der Waals surface area contributed by atoms with E-state index in [1.165, 1.54) is 28.0 Å². The van der Waals surface area contributed by atoms with Gasteiger partial charge in [0, 0.05) is 11.6 Å². The van der Waals surface area contributed by atoms with Crippen LogP contribution in [0.4, 0.5) is 0 Å². The van der Waals surface area contributed by atoms with E-state index in [1.807, 2.05) is 30.3 Å². The molecule has 1 aliphatic heterocycles. The van der Waals surface area contributed by atoms with E-state index in [0.29, 0.717) is 37.7 Å². The molecule has 186 valence electrons. The summed E-state index contributed by atoms with van der Waals surface area (Å²) in [5, 5.41) is 11.0. The maximum Gasteiger partial charge on any atom is 0.338 e. The summed E-state index contributed by atoms with van der Waals surface area (Å²) in [6.07, 6.45) is 1.63. The third-order valence-corrected chi connectivity index (χ3v) is 6.92. The highest BCUT2D eigenvalue weighted by atomic mass is 32.1. The summed E-state index contributed by atoms with van der Waals surface area (Å²) in [5.74, 6) is -0.794. The smallest absolute Gasteiger partial charge is 0.338 e. The van der Waals surface area contributed by atoms with Gasteiger partial charge in [-0.15, -0.1) is 0 Å². The van der Waals surface area contributed by atoms with Gasteiger partial charge in [0.15, 0.2) is 4.80 Å². The number of benzene rings is 2. The quantitative estimate of drug-likeness (QED) is 0.366. The Bertz CT molecular complexity index is 1710. The number of carbonyl (C=O) groups excluding carboxylic acids is 2. The maximum absolute atomic E-state index is 13.6. The lowest BCUT2D eigenvalue weighted by molar-refractivity contribution is -0.255. The molecule has 2 aromatic carbocycles. The van der Waals surface area contributed by atoms with Crippen molar-refractivity contribution in [1.82, 2.24) is 4.57 Å². The molecule has 0 aliphatic carbocycles. The van der Waals surface area contributed by atoms with Crippen molar-refractivity contribution in [3.63, 3.8) is 0 Å². The van der Waals surface area contributed by atoms with Gasteiger partial charge in [-0.05, 0) is 37.1 Å². The predicted molar refractivity (Wildman–Crippen MR) is 135 cm³/mol. The molecule has 2 aromatic heterocycles. The second kappa shape index (κ2) is 9.87. The molecule has 0 amide bonds. The number of thiazole rings is 1. The summed E-state index contributed by atoms with van der Waals surface area (Å²) < 4.78 is 13.1. The molecule has 0 unspecified atom stereocenters. The fraction of sp³-hybridized carbons (Fsp3) is 0.143. The molecule has 0 saturated heterocycles. The van der Waals surface area contributed by atoms with Crippen LogP contribution in [-0.2, 0) is 9.53 Å². The number of rotatable bonds is 6. The first kappa shape index (κ1) is 24.2. The monoisotopic (exact) mass is 513 g/mol.